The van der Waals surface area contributed by atoms with Crippen molar-refractivity contribution in [3.8, 4) is 0 Å². The number of Topliss-reactive ketones (excluding diaryl/α,β-unsaturated/α-hetero) is 1. The minimum atomic E-state index is -1.03. The van der Waals surface area contributed by atoms with E-state index in [0.29, 0.717) is 6.42 Å². The van der Waals surface area contributed by atoms with Crippen molar-refractivity contribution < 1.29 is 14.7 Å². The van der Waals surface area contributed by atoms with Gasteiger partial charge in [0.25, 0.3) is 0 Å². The molecule has 0 aromatic rings. The molecule has 0 amide bonds. The average molecular weight is 158 g/mol. The van der Waals surface area contributed by atoms with Gasteiger partial charge in [0, 0.05) is 6.42 Å². The fraction of sp³-hybridized carbons (Fsp3) is 0.500. The number of aliphatic carboxylic acids is 1. The van der Waals surface area contributed by atoms with Gasteiger partial charge in [0.1, 0.15) is 12.2 Å². The van der Waals surface area contributed by atoms with Crippen LogP contribution >= 0.6 is 0 Å². The lowest BCUT2D eigenvalue weighted by Crippen LogP contribution is -2.05. The maximum absolute atomic E-state index is 10.5. The standard InChI is InChI=1S/C6H10O3.C2H4/c1-2-3-5(7)4-6(8)9;1-2/h2-4H2,1H3,(H,8,9);1-2H2. The normalized spacial score (nSPS) is 7.73. The molecule has 0 unspecified atom stereocenters. The molecular weight excluding hydrogens is 144 g/mol. The van der Waals surface area contributed by atoms with Gasteiger partial charge in [0.15, 0.2) is 0 Å². The number of hydrogen-bond donors (Lipinski definition) is 1. The lowest BCUT2D eigenvalue weighted by molar-refractivity contribution is -0.140. The molecule has 0 aromatic carbocycles. The third kappa shape index (κ3) is 12.2. The number of hydrogen-bond acceptors (Lipinski definition) is 2. The van der Waals surface area contributed by atoms with Gasteiger partial charge in [-0.05, 0) is 6.42 Å². The van der Waals surface area contributed by atoms with Crippen LogP contribution in [-0.2, 0) is 9.59 Å². The molecule has 0 fully saturated rings. The molecular formula is C8H14O3. The van der Waals surface area contributed by atoms with Gasteiger partial charge in [-0.15, -0.1) is 13.2 Å². The molecule has 0 aliphatic carbocycles. The van der Waals surface area contributed by atoms with Crippen molar-refractivity contribution in [3.63, 3.8) is 0 Å². The van der Waals surface area contributed by atoms with E-state index in [1.54, 1.807) is 0 Å². The Hall–Kier alpha value is -1.12. The van der Waals surface area contributed by atoms with Gasteiger partial charge in [-0.3, -0.25) is 9.59 Å². The molecule has 0 saturated carbocycles. The van der Waals surface area contributed by atoms with Crippen molar-refractivity contribution in [2.24, 2.45) is 0 Å². The van der Waals surface area contributed by atoms with Crippen LogP contribution in [0.25, 0.3) is 0 Å². The summed E-state index contributed by atoms with van der Waals surface area (Å²) in [7, 11) is 0. The van der Waals surface area contributed by atoms with Crippen LogP contribution in [0.15, 0.2) is 13.2 Å². The molecule has 0 saturated heterocycles. The number of ketones is 1. The van der Waals surface area contributed by atoms with Crippen LogP contribution in [0.1, 0.15) is 26.2 Å². The van der Waals surface area contributed by atoms with E-state index in [1.807, 2.05) is 6.92 Å². The summed E-state index contributed by atoms with van der Waals surface area (Å²) in [5.41, 5.74) is 0. The van der Waals surface area contributed by atoms with Crippen molar-refractivity contribution in [1.82, 2.24) is 0 Å². The summed E-state index contributed by atoms with van der Waals surface area (Å²) in [5, 5.41) is 8.09. The molecule has 0 heterocycles. The number of carboxylic acid groups (broad SMARTS) is 1. The van der Waals surface area contributed by atoms with E-state index < -0.39 is 5.97 Å². The average Bonchev–Trinajstić information content (AvgIpc) is 1.91. The summed E-state index contributed by atoms with van der Waals surface area (Å²) in [6, 6.07) is 0. The third-order valence-corrected chi connectivity index (χ3v) is 0.877. The highest BCUT2D eigenvalue weighted by atomic mass is 16.4. The van der Waals surface area contributed by atoms with Gasteiger partial charge in [-0.25, -0.2) is 0 Å². The zero-order valence-electron chi connectivity index (χ0n) is 6.80. The third-order valence-electron chi connectivity index (χ3n) is 0.877. The highest BCUT2D eigenvalue weighted by Crippen LogP contribution is 1.92. The predicted molar refractivity (Wildman–Crippen MR) is 43.4 cm³/mol. The molecule has 64 valence electrons. The number of carboxylic acids is 1. The summed E-state index contributed by atoms with van der Waals surface area (Å²) in [5.74, 6) is -1.22. The van der Waals surface area contributed by atoms with Crippen LogP contribution in [0, 0.1) is 0 Å². The Balaban J connectivity index is 0. The van der Waals surface area contributed by atoms with Crippen molar-refractivity contribution in [2.45, 2.75) is 26.2 Å². The summed E-state index contributed by atoms with van der Waals surface area (Å²) in [6.07, 6.45) is 0.784. The first kappa shape index (κ1) is 12.5. The zero-order chi connectivity index (χ0) is 9.28. The van der Waals surface area contributed by atoms with E-state index >= 15 is 0 Å². The molecule has 3 nitrogen and oxygen atoms in total. The fourth-order valence-corrected chi connectivity index (χ4v) is 0.536. The molecule has 11 heavy (non-hydrogen) atoms. The smallest absolute Gasteiger partial charge is 0.310 e. The van der Waals surface area contributed by atoms with Crippen molar-refractivity contribution in [1.29, 1.82) is 0 Å². The summed E-state index contributed by atoms with van der Waals surface area (Å²) >= 11 is 0. The zero-order valence-corrected chi connectivity index (χ0v) is 6.80. The lowest BCUT2D eigenvalue weighted by atomic mass is 10.2. The molecule has 0 spiro atoms. The Morgan fingerprint density at radius 2 is 1.82 bits per heavy atom. The van der Waals surface area contributed by atoms with Crippen LogP contribution in [0.2, 0.25) is 0 Å². The van der Waals surface area contributed by atoms with Crippen molar-refractivity contribution in [3.05, 3.63) is 13.2 Å². The number of rotatable bonds is 4. The molecule has 0 rings (SSSR count). The Labute approximate surface area is 66.7 Å². The van der Waals surface area contributed by atoms with Crippen LogP contribution in [0.5, 0.6) is 0 Å². The molecule has 0 atom stereocenters. The summed E-state index contributed by atoms with van der Waals surface area (Å²) in [4.78, 5) is 20.3. The van der Waals surface area contributed by atoms with Gasteiger partial charge < -0.3 is 5.11 Å². The maximum atomic E-state index is 10.5. The molecule has 0 aliphatic heterocycles. The van der Waals surface area contributed by atoms with E-state index in [0.717, 1.165) is 6.42 Å². The first-order valence-corrected chi connectivity index (χ1v) is 3.40. The fourth-order valence-electron chi connectivity index (χ4n) is 0.536. The van der Waals surface area contributed by atoms with Crippen LogP contribution in [0.3, 0.4) is 0 Å². The van der Waals surface area contributed by atoms with Gasteiger partial charge in [-0.2, -0.15) is 0 Å². The molecule has 0 aliphatic rings. The molecule has 1 N–H and O–H groups in total. The maximum Gasteiger partial charge on any atom is 0.310 e. The van der Waals surface area contributed by atoms with Gasteiger partial charge in [0.2, 0.25) is 0 Å². The van der Waals surface area contributed by atoms with E-state index in [2.05, 4.69) is 13.2 Å². The van der Waals surface area contributed by atoms with Crippen LogP contribution in [-0.4, -0.2) is 16.9 Å². The molecule has 3 heteroatoms. The van der Waals surface area contributed by atoms with Gasteiger partial charge in [-0.1, -0.05) is 6.92 Å². The minimum Gasteiger partial charge on any atom is -0.481 e. The monoisotopic (exact) mass is 158 g/mol. The van der Waals surface area contributed by atoms with E-state index in [1.165, 1.54) is 0 Å². The lowest BCUT2D eigenvalue weighted by Gasteiger charge is -1.90. The van der Waals surface area contributed by atoms with Crippen LogP contribution < -0.4 is 0 Å². The second-order valence-corrected chi connectivity index (χ2v) is 1.86. The Bertz CT molecular complexity index is 129. The number of carbonyl (C=O) groups is 2. The van der Waals surface area contributed by atoms with Crippen molar-refractivity contribution in [2.75, 3.05) is 0 Å². The molecule has 0 aromatic heterocycles. The van der Waals surface area contributed by atoms with Crippen LogP contribution in [0.4, 0.5) is 0 Å². The van der Waals surface area contributed by atoms with E-state index in [-0.39, 0.29) is 12.2 Å². The largest absolute Gasteiger partial charge is 0.481 e. The Morgan fingerprint density at radius 1 is 1.36 bits per heavy atom. The van der Waals surface area contributed by atoms with Gasteiger partial charge in [0.05, 0.1) is 0 Å². The first-order chi connectivity index (χ1) is 5.16. The quantitative estimate of drug-likeness (QED) is 0.499. The molecule has 0 bridgehead atoms. The first-order valence-electron chi connectivity index (χ1n) is 3.40. The second-order valence-electron chi connectivity index (χ2n) is 1.86. The Kier molecular flexibility index (Phi) is 10.1. The molecule has 0 radical (unpaired) electrons. The summed E-state index contributed by atoms with van der Waals surface area (Å²) < 4.78 is 0. The van der Waals surface area contributed by atoms with E-state index in [4.69, 9.17) is 5.11 Å². The highest BCUT2D eigenvalue weighted by Gasteiger charge is 2.04. The Morgan fingerprint density at radius 3 is 2.09 bits per heavy atom. The minimum absolute atomic E-state index is 0.190. The van der Waals surface area contributed by atoms with Crippen molar-refractivity contribution >= 4 is 11.8 Å². The highest BCUT2D eigenvalue weighted by molar-refractivity contribution is 5.94. The summed E-state index contributed by atoms with van der Waals surface area (Å²) in [6.45, 7) is 7.85. The predicted octanol–water partition coefficient (Wildman–Crippen LogP) is 1.63. The second kappa shape index (κ2) is 8.88. The number of carbonyl (C=O) groups excluding carboxylic acids is 1. The topological polar surface area (TPSA) is 54.4 Å². The van der Waals surface area contributed by atoms with E-state index in [9.17, 15) is 9.59 Å². The van der Waals surface area contributed by atoms with Gasteiger partial charge >= 0.3 is 5.97 Å². The SMILES string of the molecule is C=C.CCCC(=O)CC(=O)O.